The SMILES string of the molecule is CCCc1c(CC)c(N(c2ccccc2)c2ccc3c(c2)-c2c4cccc2-c2cccc-3c2-c2ccccc2-4)cc2ccccc12. The average Bonchev–Trinajstić information content (AvgIpc) is 3.22. The van der Waals surface area contributed by atoms with E-state index in [1.807, 2.05) is 0 Å². The highest BCUT2D eigenvalue weighted by Crippen LogP contribution is 2.57. The summed E-state index contributed by atoms with van der Waals surface area (Å²) in [5, 5.41) is 2.68. The van der Waals surface area contributed by atoms with E-state index in [1.165, 1.54) is 94.6 Å². The van der Waals surface area contributed by atoms with Crippen LogP contribution in [0.4, 0.5) is 17.1 Å². The maximum Gasteiger partial charge on any atom is 0.0502 e. The Morgan fingerprint density at radius 2 is 1.02 bits per heavy atom. The molecule has 0 aromatic heterocycles. The lowest BCUT2D eigenvalue weighted by Crippen LogP contribution is -2.14. The number of hydrogen-bond acceptors (Lipinski definition) is 1. The van der Waals surface area contributed by atoms with Crippen LogP contribution in [-0.2, 0) is 12.8 Å². The summed E-state index contributed by atoms with van der Waals surface area (Å²) < 4.78 is 0. The quantitative estimate of drug-likeness (QED) is 0.186. The first-order valence-corrected chi connectivity index (χ1v) is 16.7. The van der Waals surface area contributed by atoms with E-state index in [0.29, 0.717) is 0 Å². The molecule has 0 radical (unpaired) electrons. The fourth-order valence-electron chi connectivity index (χ4n) is 8.21. The number of rotatable bonds is 6. The van der Waals surface area contributed by atoms with Crippen LogP contribution in [0.2, 0.25) is 0 Å². The second kappa shape index (κ2) is 10.6. The fourth-order valence-corrected chi connectivity index (χ4v) is 8.21. The van der Waals surface area contributed by atoms with Crippen LogP contribution in [-0.4, -0.2) is 0 Å². The van der Waals surface area contributed by atoms with Crippen molar-refractivity contribution < 1.29 is 0 Å². The number of hydrogen-bond donors (Lipinski definition) is 0. The molecule has 0 N–H and O–H groups in total. The van der Waals surface area contributed by atoms with Gasteiger partial charge in [-0.3, -0.25) is 0 Å². The highest BCUT2D eigenvalue weighted by atomic mass is 15.1. The van der Waals surface area contributed by atoms with Crippen molar-refractivity contribution in [3.8, 4) is 55.6 Å². The Kier molecular flexibility index (Phi) is 6.21. The van der Waals surface area contributed by atoms with Gasteiger partial charge in [0.15, 0.2) is 0 Å². The molecule has 0 fully saturated rings. The van der Waals surface area contributed by atoms with Crippen molar-refractivity contribution in [3.63, 3.8) is 0 Å². The highest BCUT2D eigenvalue weighted by Gasteiger charge is 2.31. The van der Waals surface area contributed by atoms with Crippen molar-refractivity contribution in [1.82, 2.24) is 0 Å². The van der Waals surface area contributed by atoms with Crippen LogP contribution in [0.15, 0.2) is 140 Å². The van der Waals surface area contributed by atoms with Crippen molar-refractivity contribution in [2.45, 2.75) is 33.1 Å². The third kappa shape index (κ3) is 3.88. The molecule has 0 saturated heterocycles. The molecule has 0 aliphatic heterocycles. The molecule has 0 atom stereocenters. The van der Waals surface area contributed by atoms with Crippen LogP contribution in [0.1, 0.15) is 31.4 Å². The Morgan fingerprint density at radius 3 is 1.74 bits per heavy atom. The van der Waals surface area contributed by atoms with Crippen molar-refractivity contribution in [3.05, 3.63) is 151 Å². The summed E-state index contributed by atoms with van der Waals surface area (Å²) in [6.45, 7) is 4.61. The second-order valence-electron chi connectivity index (χ2n) is 12.6. The molecule has 1 nitrogen and oxygen atoms in total. The van der Waals surface area contributed by atoms with Gasteiger partial charge in [-0.2, -0.15) is 0 Å². The third-order valence-corrected chi connectivity index (χ3v) is 10.1. The number of fused-ring (bicyclic) bond motifs is 5. The van der Waals surface area contributed by atoms with E-state index in [1.54, 1.807) is 0 Å². The Balaban J connectivity index is 1.36. The number of benzene rings is 7. The molecule has 220 valence electrons. The summed E-state index contributed by atoms with van der Waals surface area (Å²) in [5.41, 5.74) is 19.7. The van der Waals surface area contributed by atoms with Gasteiger partial charge in [-0.25, -0.2) is 0 Å². The summed E-state index contributed by atoms with van der Waals surface area (Å²) in [6, 6.07) is 52.2. The molecule has 0 saturated carbocycles. The maximum atomic E-state index is 2.51. The molecule has 7 aromatic rings. The van der Waals surface area contributed by atoms with Crippen molar-refractivity contribution >= 4 is 27.8 Å². The Bertz CT molecular complexity index is 2290. The van der Waals surface area contributed by atoms with E-state index in [9.17, 15) is 0 Å². The van der Waals surface area contributed by atoms with Crippen molar-refractivity contribution in [2.24, 2.45) is 0 Å². The monoisotopic (exact) mass is 589 g/mol. The fraction of sp³-hybridized carbons (Fsp3) is 0.111. The van der Waals surface area contributed by atoms with Crippen LogP contribution in [0.5, 0.6) is 0 Å². The normalized spacial score (nSPS) is 12.0. The molecule has 1 heteroatoms. The summed E-state index contributed by atoms with van der Waals surface area (Å²) in [7, 11) is 0. The summed E-state index contributed by atoms with van der Waals surface area (Å²) in [4.78, 5) is 2.51. The zero-order valence-electron chi connectivity index (χ0n) is 26.3. The first kappa shape index (κ1) is 27.0. The van der Waals surface area contributed by atoms with E-state index in [4.69, 9.17) is 0 Å². The molecule has 2 aliphatic carbocycles. The van der Waals surface area contributed by atoms with Crippen LogP contribution in [0, 0.1) is 0 Å². The molecular formula is C45H35N. The first-order valence-electron chi connectivity index (χ1n) is 16.7. The standard InChI is InChI=1S/C45H35N/c1-3-14-34-32(4-2)43(27-29-15-8-9-18-33(29)34)46(30-16-6-5-7-17-30)31-25-26-36-39-22-13-23-40-41-24-12-21-38(45(41)42(36)28-31)35-19-10-11-20-37(35)44(39)40/h5-13,15-28H,3-4,14H2,1-2H3. The summed E-state index contributed by atoms with van der Waals surface area (Å²) in [5.74, 6) is 0. The Morgan fingerprint density at radius 1 is 0.435 bits per heavy atom. The molecule has 0 unspecified atom stereocenters. The van der Waals surface area contributed by atoms with Gasteiger partial charge in [-0.1, -0.05) is 129 Å². The molecule has 0 spiro atoms. The largest absolute Gasteiger partial charge is 0.310 e. The van der Waals surface area contributed by atoms with Gasteiger partial charge in [0, 0.05) is 11.4 Å². The minimum Gasteiger partial charge on any atom is -0.310 e. The molecule has 0 heterocycles. The number of para-hydroxylation sites is 1. The van der Waals surface area contributed by atoms with Gasteiger partial charge in [0.1, 0.15) is 0 Å². The minimum atomic E-state index is 0.975. The minimum absolute atomic E-state index is 0.975. The zero-order chi connectivity index (χ0) is 30.8. The molecule has 46 heavy (non-hydrogen) atoms. The van der Waals surface area contributed by atoms with E-state index in [-0.39, 0.29) is 0 Å². The lowest BCUT2D eigenvalue weighted by molar-refractivity contribution is 0.907. The Labute approximate surface area is 271 Å². The predicted octanol–water partition coefficient (Wildman–Crippen LogP) is 12.8. The number of anilines is 3. The topological polar surface area (TPSA) is 3.24 Å². The number of aryl methyl sites for hydroxylation is 1. The molecule has 0 amide bonds. The maximum absolute atomic E-state index is 2.51. The van der Waals surface area contributed by atoms with E-state index < -0.39 is 0 Å². The number of nitrogens with zero attached hydrogens (tertiary/aromatic N) is 1. The van der Waals surface area contributed by atoms with Gasteiger partial charge in [-0.05, 0) is 121 Å². The molecule has 9 rings (SSSR count). The van der Waals surface area contributed by atoms with E-state index in [2.05, 4.69) is 158 Å². The van der Waals surface area contributed by atoms with Gasteiger partial charge < -0.3 is 4.90 Å². The van der Waals surface area contributed by atoms with Crippen molar-refractivity contribution in [2.75, 3.05) is 4.90 Å². The smallest absolute Gasteiger partial charge is 0.0502 e. The van der Waals surface area contributed by atoms with Crippen LogP contribution in [0.25, 0.3) is 66.4 Å². The highest BCUT2D eigenvalue weighted by molar-refractivity contribution is 6.15. The first-order chi connectivity index (χ1) is 22.8. The van der Waals surface area contributed by atoms with Gasteiger partial charge in [0.05, 0.1) is 5.69 Å². The van der Waals surface area contributed by atoms with E-state index in [0.717, 1.165) is 19.3 Å². The van der Waals surface area contributed by atoms with Crippen LogP contribution in [0.3, 0.4) is 0 Å². The van der Waals surface area contributed by atoms with E-state index >= 15 is 0 Å². The average molecular weight is 590 g/mol. The zero-order valence-corrected chi connectivity index (χ0v) is 26.3. The molecule has 6 bridgehead atoms. The summed E-state index contributed by atoms with van der Waals surface area (Å²) >= 11 is 0. The Hall–Kier alpha value is -5.40. The van der Waals surface area contributed by atoms with Crippen LogP contribution >= 0.6 is 0 Å². The van der Waals surface area contributed by atoms with Gasteiger partial charge in [0.25, 0.3) is 0 Å². The lowest BCUT2D eigenvalue weighted by atomic mass is 9.83. The molecular weight excluding hydrogens is 555 g/mol. The predicted molar refractivity (Wildman–Crippen MR) is 196 cm³/mol. The van der Waals surface area contributed by atoms with Gasteiger partial charge >= 0.3 is 0 Å². The van der Waals surface area contributed by atoms with Crippen LogP contribution < -0.4 is 4.90 Å². The van der Waals surface area contributed by atoms with Crippen molar-refractivity contribution in [1.29, 1.82) is 0 Å². The molecule has 2 aliphatic rings. The summed E-state index contributed by atoms with van der Waals surface area (Å²) in [6.07, 6.45) is 3.16. The second-order valence-corrected chi connectivity index (χ2v) is 12.6. The van der Waals surface area contributed by atoms with Gasteiger partial charge in [0.2, 0.25) is 0 Å². The van der Waals surface area contributed by atoms with Gasteiger partial charge in [-0.15, -0.1) is 0 Å². The third-order valence-electron chi connectivity index (χ3n) is 10.1. The lowest BCUT2D eigenvalue weighted by Gasteiger charge is -2.31. The molecule has 7 aromatic carbocycles.